The lowest BCUT2D eigenvalue weighted by molar-refractivity contribution is -0.183. The van der Waals surface area contributed by atoms with Gasteiger partial charge in [0, 0.05) is 24.3 Å². The molecule has 2 N–H and O–H groups in total. The summed E-state index contributed by atoms with van der Waals surface area (Å²) in [6.07, 6.45) is 1.89. The van der Waals surface area contributed by atoms with E-state index in [4.69, 9.17) is 5.41 Å². The summed E-state index contributed by atoms with van der Waals surface area (Å²) in [7, 11) is 0. The van der Waals surface area contributed by atoms with Gasteiger partial charge in [-0.05, 0) is 51.5 Å². The van der Waals surface area contributed by atoms with E-state index in [1.807, 2.05) is 11.8 Å². The number of amidine groups is 1. The van der Waals surface area contributed by atoms with Crippen LogP contribution in [0.25, 0.3) is 0 Å². The summed E-state index contributed by atoms with van der Waals surface area (Å²) in [5.41, 5.74) is 0.715. The zero-order valence-corrected chi connectivity index (χ0v) is 15.3. The Kier molecular flexibility index (Phi) is 8.10. The Labute approximate surface area is 144 Å². The van der Waals surface area contributed by atoms with Crippen LogP contribution in [0.5, 0.6) is 0 Å². The fraction of sp³-hybridized carbons (Fsp3) is 0.833. The maximum atomic E-state index is 13.2. The van der Waals surface area contributed by atoms with Gasteiger partial charge in [-0.2, -0.15) is 13.2 Å². The third kappa shape index (κ3) is 5.71. The van der Waals surface area contributed by atoms with Gasteiger partial charge in [-0.1, -0.05) is 20.8 Å². The van der Waals surface area contributed by atoms with E-state index < -0.39 is 18.1 Å². The molecule has 1 rings (SSSR count). The van der Waals surface area contributed by atoms with Crippen molar-refractivity contribution in [2.75, 3.05) is 6.54 Å². The van der Waals surface area contributed by atoms with Crippen molar-refractivity contribution in [2.24, 2.45) is 5.92 Å². The summed E-state index contributed by atoms with van der Waals surface area (Å²) in [6.45, 7) is 8.22. The van der Waals surface area contributed by atoms with Crippen LogP contribution in [0.3, 0.4) is 0 Å². The number of halogens is 3. The molecule has 140 valence electrons. The molecule has 0 aliphatic carbocycles. The van der Waals surface area contributed by atoms with E-state index in [2.05, 4.69) is 12.2 Å². The summed E-state index contributed by atoms with van der Waals surface area (Å²) < 4.78 is 39.6. The lowest BCUT2D eigenvalue weighted by Gasteiger charge is -2.35. The van der Waals surface area contributed by atoms with Gasteiger partial charge in [0.05, 0.1) is 5.92 Å². The number of likely N-dealkylation sites (tertiary alicyclic amines) is 1. The highest BCUT2D eigenvalue weighted by molar-refractivity contribution is 5.91. The predicted octanol–water partition coefficient (Wildman–Crippen LogP) is 5.09. The molecule has 0 amide bonds. The molecule has 6 heteroatoms. The quantitative estimate of drug-likeness (QED) is 0.497. The number of allylic oxidation sites excluding steroid dienone is 1. The highest BCUT2D eigenvalue weighted by Gasteiger charge is 2.42. The second-order valence-corrected chi connectivity index (χ2v) is 6.66. The lowest BCUT2D eigenvalue weighted by atomic mass is 9.93. The Morgan fingerprint density at radius 2 is 1.92 bits per heavy atom. The number of piperidine rings is 1. The average Bonchev–Trinajstić information content (AvgIpc) is 2.52. The molecule has 0 saturated carbocycles. The summed E-state index contributed by atoms with van der Waals surface area (Å²) in [5.74, 6) is -0.956. The van der Waals surface area contributed by atoms with E-state index in [1.165, 1.54) is 6.42 Å². The van der Waals surface area contributed by atoms with Crippen molar-refractivity contribution in [3.8, 4) is 0 Å². The maximum absolute atomic E-state index is 13.2. The van der Waals surface area contributed by atoms with Crippen molar-refractivity contribution < 1.29 is 13.2 Å². The van der Waals surface area contributed by atoms with Gasteiger partial charge in [0.1, 0.15) is 5.84 Å². The standard InChI is InChI=1S/C18H32F3N3/c1-5-14(12-17(22)24-11-9-8-10-13(24)4)23-16(7-3)15(6-2)18(19,20)21/h12-13,15-16,22-23H,5-11H2,1-4H3/b14-12-,22-17?. The van der Waals surface area contributed by atoms with E-state index >= 15 is 0 Å². The zero-order chi connectivity index (χ0) is 18.3. The van der Waals surface area contributed by atoms with Gasteiger partial charge in [-0.25, -0.2) is 0 Å². The lowest BCUT2D eigenvalue weighted by Crippen LogP contribution is -2.44. The van der Waals surface area contributed by atoms with Crippen molar-refractivity contribution in [2.45, 2.75) is 84.5 Å². The molecule has 3 atom stereocenters. The molecule has 0 radical (unpaired) electrons. The molecule has 0 aromatic rings. The third-order valence-corrected chi connectivity index (χ3v) is 4.96. The van der Waals surface area contributed by atoms with Crippen LogP contribution >= 0.6 is 0 Å². The van der Waals surface area contributed by atoms with E-state index in [9.17, 15) is 13.2 Å². The fourth-order valence-electron chi connectivity index (χ4n) is 3.42. The second-order valence-electron chi connectivity index (χ2n) is 6.66. The molecule has 1 saturated heterocycles. The topological polar surface area (TPSA) is 39.1 Å². The fourth-order valence-corrected chi connectivity index (χ4v) is 3.42. The molecule has 3 nitrogen and oxygen atoms in total. The van der Waals surface area contributed by atoms with Gasteiger partial charge >= 0.3 is 6.18 Å². The maximum Gasteiger partial charge on any atom is 0.393 e. The SMILES string of the molecule is CC/C(=C/C(=N)N1CCCCC1C)NC(CC)C(CC)C(F)(F)F. The second kappa shape index (κ2) is 9.33. The summed E-state index contributed by atoms with van der Waals surface area (Å²) in [6, 6.07) is -0.325. The number of hydrogen-bond acceptors (Lipinski definition) is 2. The molecular formula is C18H32F3N3. The number of nitrogens with zero attached hydrogens (tertiary/aromatic N) is 1. The summed E-state index contributed by atoms with van der Waals surface area (Å²) in [4.78, 5) is 2.04. The van der Waals surface area contributed by atoms with Crippen molar-refractivity contribution in [1.82, 2.24) is 10.2 Å². The Morgan fingerprint density at radius 3 is 2.38 bits per heavy atom. The Bertz CT molecular complexity index is 432. The van der Waals surface area contributed by atoms with Crippen LogP contribution in [0, 0.1) is 11.3 Å². The van der Waals surface area contributed by atoms with Gasteiger partial charge in [-0.3, -0.25) is 5.41 Å². The van der Waals surface area contributed by atoms with Crippen LogP contribution in [-0.4, -0.2) is 35.5 Å². The first-order chi connectivity index (χ1) is 11.2. The molecule has 0 bridgehead atoms. The van der Waals surface area contributed by atoms with Crippen LogP contribution in [-0.2, 0) is 0 Å². The van der Waals surface area contributed by atoms with Crippen LogP contribution in [0.2, 0.25) is 0 Å². The summed E-state index contributed by atoms with van der Waals surface area (Å²) >= 11 is 0. The number of hydrogen-bond donors (Lipinski definition) is 2. The van der Waals surface area contributed by atoms with E-state index in [0.717, 1.165) is 19.4 Å². The van der Waals surface area contributed by atoms with Crippen LogP contribution in [0.4, 0.5) is 13.2 Å². The Balaban J connectivity index is 2.84. The van der Waals surface area contributed by atoms with Crippen LogP contribution in [0.15, 0.2) is 11.8 Å². The molecule has 0 aromatic carbocycles. The van der Waals surface area contributed by atoms with Gasteiger partial charge in [0.15, 0.2) is 0 Å². The first kappa shape index (κ1) is 20.8. The first-order valence-corrected chi connectivity index (χ1v) is 9.13. The smallest absolute Gasteiger partial charge is 0.385 e. The van der Waals surface area contributed by atoms with Crippen molar-refractivity contribution in [3.05, 3.63) is 11.8 Å². The molecule has 0 aromatic heterocycles. The molecule has 0 spiro atoms. The first-order valence-electron chi connectivity index (χ1n) is 9.13. The highest BCUT2D eigenvalue weighted by atomic mass is 19.4. The predicted molar refractivity (Wildman–Crippen MR) is 93.2 cm³/mol. The minimum Gasteiger partial charge on any atom is -0.385 e. The van der Waals surface area contributed by atoms with Crippen molar-refractivity contribution in [3.63, 3.8) is 0 Å². The monoisotopic (exact) mass is 347 g/mol. The minimum atomic E-state index is -4.20. The normalized spacial score (nSPS) is 22.2. The molecular weight excluding hydrogens is 315 g/mol. The van der Waals surface area contributed by atoms with Gasteiger partial charge in [0.2, 0.25) is 0 Å². The third-order valence-electron chi connectivity index (χ3n) is 4.96. The number of alkyl halides is 3. The molecule has 3 unspecified atom stereocenters. The van der Waals surface area contributed by atoms with Gasteiger partial charge in [0.25, 0.3) is 0 Å². The minimum absolute atomic E-state index is 0.0621. The highest BCUT2D eigenvalue weighted by Crippen LogP contribution is 2.33. The zero-order valence-electron chi connectivity index (χ0n) is 15.3. The number of rotatable bonds is 7. The summed E-state index contributed by atoms with van der Waals surface area (Å²) in [5, 5.41) is 11.4. The molecule has 1 aliphatic rings. The van der Waals surface area contributed by atoms with Gasteiger partial charge in [-0.15, -0.1) is 0 Å². The average molecular weight is 347 g/mol. The molecule has 24 heavy (non-hydrogen) atoms. The van der Waals surface area contributed by atoms with Crippen molar-refractivity contribution in [1.29, 1.82) is 5.41 Å². The van der Waals surface area contributed by atoms with E-state index in [0.29, 0.717) is 30.4 Å². The Hall–Kier alpha value is -1.20. The van der Waals surface area contributed by atoms with E-state index in [1.54, 1.807) is 19.9 Å². The number of nitrogens with one attached hydrogen (secondary N) is 2. The molecule has 1 heterocycles. The molecule has 1 aliphatic heterocycles. The van der Waals surface area contributed by atoms with Crippen LogP contribution < -0.4 is 5.32 Å². The molecule has 1 fully saturated rings. The largest absolute Gasteiger partial charge is 0.393 e. The van der Waals surface area contributed by atoms with Crippen molar-refractivity contribution >= 4 is 5.84 Å². The Morgan fingerprint density at radius 1 is 1.25 bits per heavy atom. The van der Waals surface area contributed by atoms with E-state index in [-0.39, 0.29) is 6.42 Å². The van der Waals surface area contributed by atoms with Gasteiger partial charge < -0.3 is 10.2 Å². The van der Waals surface area contributed by atoms with Crippen LogP contribution in [0.1, 0.15) is 66.2 Å².